The number of fused-ring (bicyclic) bond motifs is 1. The van der Waals surface area contributed by atoms with E-state index in [1.165, 1.54) is 0 Å². The molecule has 0 aromatic carbocycles. The highest BCUT2D eigenvalue weighted by Crippen LogP contribution is 2.27. The Hall–Kier alpha value is -3.10. The van der Waals surface area contributed by atoms with Crippen molar-refractivity contribution in [2.45, 2.75) is 31.7 Å². The average molecular weight is 433 g/mol. The van der Waals surface area contributed by atoms with Crippen molar-refractivity contribution >= 4 is 22.9 Å². The maximum atomic E-state index is 12.9. The Balaban J connectivity index is 1.41. The monoisotopic (exact) mass is 432 g/mol. The third-order valence-corrected chi connectivity index (χ3v) is 6.93. The molecule has 1 aliphatic rings. The number of aromatic nitrogens is 4. The van der Waals surface area contributed by atoms with Crippen LogP contribution in [0.3, 0.4) is 0 Å². The summed E-state index contributed by atoms with van der Waals surface area (Å²) < 4.78 is 1.73. The van der Waals surface area contributed by atoms with Crippen molar-refractivity contribution in [2.75, 3.05) is 13.1 Å². The average Bonchev–Trinajstić information content (AvgIpc) is 3.58. The fourth-order valence-electron chi connectivity index (χ4n) is 4.13. The van der Waals surface area contributed by atoms with Crippen LogP contribution in [0.2, 0.25) is 0 Å². The Morgan fingerprint density at radius 1 is 1.32 bits per heavy atom. The molecule has 8 heteroatoms. The standard InChI is InChI=1S/C23H24N6OS/c1-2-23(8-4-9-26-23)15-25-22(30)16-6-10-24-19(13-16)17-14-27-29-11-7-18(28-21(17)29)20-5-3-12-31-20/h3,5-7,10-14,26H,2,4,8-9,15H2,1H3,(H,25,30). The summed E-state index contributed by atoms with van der Waals surface area (Å²) in [4.78, 5) is 23.2. The zero-order valence-corrected chi connectivity index (χ0v) is 18.2. The second kappa shape index (κ2) is 8.20. The summed E-state index contributed by atoms with van der Waals surface area (Å²) >= 11 is 1.65. The van der Waals surface area contributed by atoms with Crippen LogP contribution < -0.4 is 10.6 Å². The van der Waals surface area contributed by atoms with Gasteiger partial charge in [-0.2, -0.15) is 5.10 Å². The zero-order valence-electron chi connectivity index (χ0n) is 17.3. The number of pyridine rings is 1. The van der Waals surface area contributed by atoms with Crippen LogP contribution in [0.1, 0.15) is 36.5 Å². The van der Waals surface area contributed by atoms with Crippen molar-refractivity contribution in [3.63, 3.8) is 0 Å². The third kappa shape index (κ3) is 3.84. The smallest absolute Gasteiger partial charge is 0.251 e. The van der Waals surface area contributed by atoms with E-state index in [1.807, 2.05) is 35.8 Å². The van der Waals surface area contributed by atoms with Gasteiger partial charge in [-0.1, -0.05) is 13.0 Å². The molecular weight excluding hydrogens is 408 g/mol. The predicted octanol–water partition coefficient (Wildman–Crippen LogP) is 3.78. The number of nitrogens with one attached hydrogen (secondary N) is 2. The molecule has 7 nitrogen and oxygen atoms in total. The first-order chi connectivity index (χ1) is 15.2. The van der Waals surface area contributed by atoms with Gasteiger partial charge in [-0.3, -0.25) is 9.78 Å². The molecule has 0 radical (unpaired) electrons. The highest BCUT2D eigenvalue weighted by atomic mass is 32.1. The molecule has 5 rings (SSSR count). The van der Waals surface area contributed by atoms with Crippen LogP contribution in [0.15, 0.2) is 54.3 Å². The summed E-state index contributed by atoms with van der Waals surface area (Å²) in [5.74, 6) is -0.0890. The van der Waals surface area contributed by atoms with Gasteiger partial charge in [-0.05, 0) is 55.5 Å². The number of thiophene rings is 1. The van der Waals surface area contributed by atoms with E-state index in [2.05, 4.69) is 27.6 Å². The molecule has 31 heavy (non-hydrogen) atoms. The van der Waals surface area contributed by atoms with Crippen molar-refractivity contribution in [3.8, 4) is 21.8 Å². The van der Waals surface area contributed by atoms with Crippen LogP contribution in [0.4, 0.5) is 0 Å². The summed E-state index contributed by atoms with van der Waals surface area (Å²) in [5, 5.41) is 13.1. The molecule has 1 saturated heterocycles. The lowest BCUT2D eigenvalue weighted by atomic mass is 9.94. The molecule has 0 aliphatic carbocycles. The number of nitrogens with zero attached hydrogens (tertiary/aromatic N) is 4. The van der Waals surface area contributed by atoms with Gasteiger partial charge >= 0.3 is 0 Å². The largest absolute Gasteiger partial charge is 0.350 e. The van der Waals surface area contributed by atoms with Gasteiger partial charge in [0.25, 0.3) is 5.91 Å². The van der Waals surface area contributed by atoms with Gasteiger partial charge in [0.05, 0.1) is 28.0 Å². The Kier molecular flexibility index (Phi) is 5.25. The predicted molar refractivity (Wildman–Crippen MR) is 122 cm³/mol. The first-order valence-corrected chi connectivity index (χ1v) is 11.4. The zero-order chi connectivity index (χ0) is 21.3. The molecule has 2 N–H and O–H groups in total. The quantitative estimate of drug-likeness (QED) is 0.484. The summed E-state index contributed by atoms with van der Waals surface area (Å²) in [7, 11) is 0. The fraction of sp³-hybridized carbons (Fsp3) is 0.304. The minimum Gasteiger partial charge on any atom is -0.350 e. The van der Waals surface area contributed by atoms with Crippen molar-refractivity contribution in [3.05, 3.63) is 59.9 Å². The molecule has 158 valence electrons. The second-order valence-corrected chi connectivity index (χ2v) is 8.84. The van der Waals surface area contributed by atoms with Gasteiger partial charge in [0.15, 0.2) is 5.65 Å². The third-order valence-electron chi connectivity index (χ3n) is 6.04. The maximum Gasteiger partial charge on any atom is 0.251 e. The fourth-order valence-corrected chi connectivity index (χ4v) is 4.82. The number of amides is 1. The lowest BCUT2D eigenvalue weighted by Crippen LogP contribution is -2.49. The topological polar surface area (TPSA) is 84.2 Å². The van der Waals surface area contributed by atoms with Gasteiger partial charge in [0.1, 0.15) is 0 Å². The summed E-state index contributed by atoms with van der Waals surface area (Å²) in [6.07, 6.45) is 8.55. The van der Waals surface area contributed by atoms with Crippen LogP contribution in [0.25, 0.3) is 27.5 Å². The van der Waals surface area contributed by atoms with Gasteiger partial charge in [-0.15, -0.1) is 11.3 Å². The lowest BCUT2D eigenvalue weighted by Gasteiger charge is -2.28. The number of hydrogen-bond acceptors (Lipinski definition) is 6. The Labute approximate surface area is 184 Å². The van der Waals surface area contributed by atoms with Gasteiger partial charge in [-0.25, -0.2) is 9.50 Å². The highest BCUT2D eigenvalue weighted by Gasteiger charge is 2.31. The van der Waals surface area contributed by atoms with Crippen molar-refractivity contribution in [1.29, 1.82) is 0 Å². The Morgan fingerprint density at radius 3 is 3.03 bits per heavy atom. The molecule has 1 aliphatic heterocycles. The summed E-state index contributed by atoms with van der Waals surface area (Å²) in [5.41, 5.74) is 3.69. The van der Waals surface area contributed by atoms with Gasteiger partial charge < -0.3 is 10.6 Å². The highest BCUT2D eigenvalue weighted by molar-refractivity contribution is 7.13. The van der Waals surface area contributed by atoms with E-state index in [0.29, 0.717) is 17.8 Å². The molecule has 1 fully saturated rings. The lowest BCUT2D eigenvalue weighted by molar-refractivity contribution is 0.0940. The number of hydrogen-bond donors (Lipinski definition) is 2. The molecular formula is C23H24N6OS. The van der Waals surface area contributed by atoms with E-state index in [4.69, 9.17) is 4.98 Å². The van der Waals surface area contributed by atoms with E-state index >= 15 is 0 Å². The first-order valence-electron chi connectivity index (χ1n) is 10.6. The Bertz CT molecular complexity index is 1210. The second-order valence-electron chi connectivity index (χ2n) is 7.89. The van der Waals surface area contributed by atoms with E-state index in [-0.39, 0.29) is 11.4 Å². The summed E-state index contributed by atoms with van der Waals surface area (Å²) in [6.45, 7) is 3.80. The first kappa shape index (κ1) is 19.8. The normalized spacial score (nSPS) is 18.5. The molecule has 5 heterocycles. The van der Waals surface area contributed by atoms with Crippen LogP contribution in [0, 0.1) is 0 Å². The van der Waals surface area contributed by atoms with Crippen molar-refractivity contribution < 1.29 is 4.79 Å². The molecule has 0 saturated carbocycles. The van der Waals surface area contributed by atoms with Crippen LogP contribution in [-0.4, -0.2) is 44.1 Å². The van der Waals surface area contributed by atoms with E-state index in [0.717, 1.165) is 47.6 Å². The molecule has 1 atom stereocenters. The minimum absolute atomic E-state index is 0.00999. The molecule has 1 unspecified atom stereocenters. The van der Waals surface area contributed by atoms with E-state index in [1.54, 1.807) is 34.3 Å². The van der Waals surface area contributed by atoms with Gasteiger partial charge in [0.2, 0.25) is 0 Å². The van der Waals surface area contributed by atoms with Crippen molar-refractivity contribution in [1.82, 2.24) is 30.2 Å². The van der Waals surface area contributed by atoms with Crippen molar-refractivity contribution in [2.24, 2.45) is 0 Å². The Morgan fingerprint density at radius 2 is 2.26 bits per heavy atom. The van der Waals surface area contributed by atoms with E-state index < -0.39 is 0 Å². The minimum atomic E-state index is -0.0890. The number of carbonyl (C=O) groups is 1. The molecule has 4 aromatic heterocycles. The molecule has 0 bridgehead atoms. The van der Waals surface area contributed by atoms with Gasteiger partial charge in [0, 0.05) is 30.0 Å². The van der Waals surface area contributed by atoms with Crippen LogP contribution in [0.5, 0.6) is 0 Å². The summed E-state index contributed by atoms with van der Waals surface area (Å²) in [6, 6.07) is 9.57. The molecule has 1 amide bonds. The number of carbonyl (C=O) groups excluding carboxylic acids is 1. The maximum absolute atomic E-state index is 12.9. The molecule has 0 spiro atoms. The molecule has 4 aromatic rings. The van der Waals surface area contributed by atoms with Crippen LogP contribution >= 0.6 is 11.3 Å². The van der Waals surface area contributed by atoms with E-state index in [9.17, 15) is 4.79 Å². The number of rotatable bonds is 6. The van der Waals surface area contributed by atoms with Crippen LogP contribution in [-0.2, 0) is 0 Å². The SMILES string of the molecule is CCC1(CNC(=O)c2ccnc(-c3cnn4ccc(-c5cccs5)nc34)c2)CCCN1.